The van der Waals surface area contributed by atoms with Crippen LogP contribution < -0.4 is 10.6 Å². The highest BCUT2D eigenvalue weighted by molar-refractivity contribution is 5.79. The SMILES string of the molecule is CN=C(NCc1ccc(COC(C)C)cc1)NCc1nc(C)c(C)o1. The van der Waals surface area contributed by atoms with Gasteiger partial charge < -0.3 is 19.8 Å². The smallest absolute Gasteiger partial charge is 0.214 e. The summed E-state index contributed by atoms with van der Waals surface area (Å²) in [6.45, 7) is 9.76. The van der Waals surface area contributed by atoms with E-state index >= 15 is 0 Å². The van der Waals surface area contributed by atoms with Gasteiger partial charge in [-0.25, -0.2) is 4.98 Å². The van der Waals surface area contributed by atoms with Crippen molar-refractivity contribution >= 4 is 5.96 Å². The fraction of sp³-hybridized carbons (Fsp3) is 0.474. The van der Waals surface area contributed by atoms with Gasteiger partial charge in [-0.3, -0.25) is 4.99 Å². The van der Waals surface area contributed by atoms with Crippen LogP contribution in [0, 0.1) is 13.8 Å². The molecular weight excluding hydrogens is 316 g/mol. The first-order chi connectivity index (χ1) is 12.0. The van der Waals surface area contributed by atoms with Gasteiger partial charge in [0, 0.05) is 13.6 Å². The van der Waals surface area contributed by atoms with Crippen LogP contribution in [0.2, 0.25) is 0 Å². The van der Waals surface area contributed by atoms with Crippen molar-refractivity contribution in [1.29, 1.82) is 0 Å². The van der Waals surface area contributed by atoms with E-state index in [1.54, 1.807) is 7.05 Å². The largest absolute Gasteiger partial charge is 0.444 e. The summed E-state index contributed by atoms with van der Waals surface area (Å²) in [7, 11) is 1.74. The van der Waals surface area contributed by atoms with Crippen LogP contribution in [0.5, 0.6) is 0 Å². The van der Waals surface area contributed by atoms with E-state index in [2.05, 4.69) is 44.9 Å². The standard InChI is InChI=1S/C19H28N4O2/c1-13(2)24-12-17-8-6-16(7-9-17)10-21-19(20-5)22-11-18-23-14(3)15(4)25-18/h6-9,13H,10-12H2,1-5H3,(H2,20,21,22). The van der Waals surface area contributed by atoms with Gasteiger partial charge in [0.2, 0.25) is 5.89 Å². The van der Waals surface area contributed by atoms with Crippen molar-refractivity contribution < 1.29 is 9.15 Å². The molecule has 1 aromatic carbocycles. The van der Waals surface area contributed by atoms with Crippen molar-refractivity contribution in [1.82, 2.24) is 15.6 Å². The van der Waals surface area contributed by atoms with Gasteiger partial charge in [-0.15, -0.1) is 0 Å². The number of hydrogen-bond donors (Lipinski definition) is 2. The van der Waals surface area contributed by atoms with Gasteiger partial charge in [0.15, 0.2) is 5.96 Å². The predicted molar refractivity (Wildman–Crippen MR) is 99.4 cm³/mol. The number of rotatable bonds is 7. The Kier molecular flexibility index (Phi) is 7.01. The molecule has 0 aliphatic heterocycles. The van der Waals surface area contributed by atoms with Crippen LogP contribution in [-0.2, 0) is 24.4 Å². The molecule has 0 radical (unpaired) electrons. The summed E-state index contributed by atoms with van der Waals surface area (Å²) < 4.78 is 11.2. The van der Waals surface area contributed by atoms with Crippen LogP contribution >= 0.6 is 0 Å². The van der Waals surface area contributed by atoms with E-state index in [9.17, 15) is 0 Å². The van der Waals surface area contributed by atoms with Crippen LogP contribution in [0.1, 0.15) is 42.3 Å². The Balaban J connectivity index is 1.80. The third-order valence-corrected chi connectivity index (χ3v) is 3.77. The molecule has 0 amide bonds. The first kappa shape index (κ1) is 19.0. The summed E-state index contributed by atoms with van der Waals surface area (Å²) in [5.41, 5.74) is 3.27. The Morgan fingerprint density at radius 1 is 1.12 bits per heavy atom. The number of hydrogen-bond acceptors (Lipinski definition) is 4. The van der Waals surface area contributed by atoms with E-state index in [1.165, 1.54) is 11.1 Å². The van der Waals surface area contributed by atoms with Crippen LogP contribution in [0.25, 0.3) is 0 Å². The number of guanidine groups is 1. The summed E-state index contributed by atoms with van der Waals surface area (Å²) in [6, 6.07) is 8.38. The molecule has 0 spiro atoms. The molecule has 2 rings (SSSR count). The number of nitrogens with one attached hydrogen (secondary N) is 2. The molecule has 0 bridgehead atoms. The van der Waals surface area contributed by atoms with Gasteiger partial charge in [0.05, 0.1) is 24.9 Å². The highest BCUT2D eigenvalue weighted by Gasteiger charge is 2.06. The molecule has 1 heterocycles. The Morgan fingerprint density at radius 3 is 2.32 bits per heavy atom. The summed E-state index contributed by atoms with van der Waals surface area (Å²) in [6.07, 6.45) is 0.243. The van der Waals surface area contributed by atoms with Crippen molar-refractivity contribution in [3.8, 4) is 0 Å². The number of nitrogens with zero attached hydrogens (tertiary/aromatic N) is 2. The molecule has 0 unspecified atom stereocenters. The lowest BCUT2D eigenvalue weighted by atomic mass is 10.1. The maximum absolute atomic E-state index is 5.61. The van der Waals surface area contributed by atoms with Gasteiger partial charge in [0.1, 0.15) is 5.76 Å². The first-order valence-electron chi connectivity index (χ1n) is 8.54. The second kappa shape index (κ2) is 9.22. The van der Waals surface area contributed by atoms with Crippen molar-refractivity contribution in [3.63, 3.8) is 0 Å². The summed E-state index contributed by atoms with van der Waals surface area (Å²) >= 11 is 0. The van der Waals surface area contributed by atoms with Gasteiger partial charge in [-0.2, -0.15) is 0 Å². The molecule has 6 nitrogen and oxygen atoms in total. The minimum atomic E-state index is 0.243. The molecule has 0 atom stereocenters. The van der Waals surface area contributed by atoms with Gasteiger partial charge in [-0.05, 0) is 38.8 Å². The van der Waals surface area contributed by atoms with E-state index in [4.69, 9.17) is 9.15 Å². The third-order valence-electron chi connectivity index (χ3n) is 3.77. The second-order valence-corrected chi connectivity index (χ2v) is 6.20. The summed E-state index contributed by atoms with van der Waals surface area (Å²) in [5.74, 6) is 2.22. The normalized spacial score (nSPS) is 11.8. The van der Waals surface area contributed by atoms with Gasteiger partial charge in [-0.1, -0.05) is 24.3 Å². The molecule has 2 aromatic rings. The molecule has 0 aliphatic carbocycles. The number of aliphatic imine (C=N–C) groups is 1. The van der Waals surface area contributed by atoms with E-state index in [1.807, 2.05) is 27.7 Å². The molecule has 136 valence electrons. The Bertz CT molecular complexity index is 670. The van der Waals surface area contributed by atoms with E-state index < -0.39 is 0 Å². The van der Waals surface area contributed by atoms with Gasteiger partial charge in [0.25, 0.3) is 0 Å². The molecule has 2 N–H and O–H groups in total. The van der Waals surface area contributed by atoms with Crippen LogP contribution in [0.4, 0.5) is 0 Å². The van der Waals surface area contributed by atoms with Crippen LogP contribution in [0.15, 0.2) is 33.7 Å². The minimum absolute atomic E-state index is 0.243. The molecule has 0 saturated heterocycles. The van der Waals surface area contributed by atoms with Crippen molar-refractivity contribution in [3.05, 3.63) is 52.7 Å². The van der Waals surface area contributed by atoms with Crippen molar-refractivity contribution in [2.24, 2.45) is 4.99 Å². The zero-order valence-electron chi connectivity index (χ0n) is 15.7. The molecule has 1 aromatic heterocycles. The fourth-order valence-electron chi connectivity index (χ4n) is 2.20. The maximum atomic E-state index is 5.61. The van der Waals surface area contributed by atoms with Crippen LogP contribution in [0.3, 0.4) is 0 Å². The topological polar surface area (TPSA) is 71.7 Å². The molecule has 0 aliphatic rings. The average Bonchev–Trinajstić information content (AvgIpc) is 2.92. The lowest BCUT2D eigenvalue weighted by molar-refractivity contribution is 0.0657. The van der Waals surface area contributed by atoms with E-state index in [0.29, 0.717) is 31.5 Å². The number of ether oxygens (including phenoxy) is 1. The first-order valence-corrected chi connectivity index (χ1v) is 8.54. The quantitative estimate of drug-likeness (QED) is 0.596. The fourth-order valence-corrected chi connectivity index (χ4v) is 2.20. The third kappa shape index (κ3) is 6.23. The zero-order chi connectivity index (χ0) is 18.2. The average molecular weight is 344 g/mol. The van der Waals surface area contributed by atoms with Crippen LogP contribution in [-0.4, -0.2) is 24.1 Å². The van der Waals surface area contributed by atoms with Crippen molar-refractivity contribution in [2.45, 2.75) is 53.5 Å². The lowest BCUT2D eigenvalue weighted by Gasteiger charge is -2.11. The Hall–Kier alpha value is -2.34. The number of aryl methyl sites for hydroxylation is 2. The number of benzene rings is 1. The summed E-state index contributed by atoms with van der Waals surface area (Å²) in [5, 5.41) is 6.49. The molecule has 6 heteroatoms. The molecular formula is C19H28N4O2. The molecule has 0 fully saturated rings. The van der Waals surface area contributed by atoms with Crippen molar-refractivity contribution in [2.75, 3.05) is 7.05 Å². The Morgan fingerprint density at radius 2 is 1.76 bits per heavy atom. The number of aromatic nitrogens is 1. The highest BCUT2D eigenvalue weighted by atomic mass is 16.5. The highest BCUT2D eigenvalue weighted by Crippen LogP contribution is 2.08. The monoisotopic (exact) mass is 344 g/mol. The minimum Gasteiger partial charge on any atom is -0.444 e. The van der Waals surface area contributed by atoms with Gasteiger partial charge >= 0.3 is 0 Å². The second-order valence-electron chi connectivity index (χ2n) is 6.20. The zero-order valence-corrected chi connectivity index (χ0v) is 15.7. The van der Waals surface area contributed by atoms with E-state index in [-0.39, 0.29) is 6.10 Å². The molecule has 25 heavy (non-hydrogen) atoms. The Labute approximate surface area is 149 Å². The molecule has 0 saturated carbocycles. The predicted octanol–water partition coefficient (Wildman–Crippen LogP) is 3.08. The lowest BCUT2D eigenvalue weighted by Crippen LogP contribution is -2.36. The van der Waals surface area contributed by atoms with E-state index in [0.717, 1.165) is 11.5 Å². The maximum Gasteiger partial charge on any atom is 0.214 e. The summed E-state index contributed by atoms with van der Waals surface area (Å²) in [4.78, 5) is 8.57. The number of oxazole rings is 1.